The summed E-state index contributed by atoms with van der Waals surface area (Å²) in [4.78, 5) is 4.70. The fraction of sp³-hybridized carbons (Fsp3) is 0.476. The van der Waals surface area contributed by atoms with Crippen molar-refractivity contribution >= 4 is 13.3 Å². The lowest BCUT2D eigenvalue weighted by molar-refractivity contribution is 0.462. The molecule has 2 heteroatoms. The van der Waals surface area contributed by atoms with E-state index in [-0.39, 0.29) is 18.1 Å². The van der Waals surface area contributed by atoms with E-state index in [4.69, 9.17) is 9.10 Å². The highest BCUT2D eigenvalue weighted by molar-refractivity contribution is 6.89. The molecule has 1 aromatic carbocycles. The Morgan fingerprint density at radius 2 is 1.78 bits per heavy atom. The van der Waals surface area contributed by atoms with E-state index in [1.165, 1.54) is 36.4 Å². The summed E-state index contributed by atoms with van der Waals surface area (Å²) in [5, 5.41) is 1.43. The van der Waals surface area contributed by atoms with Crippen molar-refractivity contribution in [3.63, 3.8) is 0 Å². The first kappa shape index (κ1) is 12.9. The SMILES string of the molecule is [2H]c1cc(-c2cc(C(C)C3CCCC3)c([Si](C)(C)C)cn2)cc([2H])c1[2H]. The molecule has 1 unspecified atom stereocenters. The van der Waals surface area contributed by atoms with Crippen molar-refractivity contribution in [1.29, 1.82) is 0 Å². The molecule has 1 aromatic heterocycles. The highest BCUT2D eigenvalue weighted by atomic mass is 28.3. The van der Waals surface area contributed by atoms with Crippen molar-refractivity contribution in [1.82, 2.24) is 4.98 Å². The molecule has 2 aromatic rings. The molecule has 1 aliphatic carbocycles. The van der Waals surface area contributed by atoms with Crippen LogP contribution < -0.4 is 5.19 Å². The summed E-state index contributed by atoms with van der Waals surface area (Å²) in [6, 6.07) is 5.70. The molecular weight excluding hydrogens is 294 g/mol. The molecule has 122 valence electrons. The van der Waals surface area contributed by atoms with E-state index in [1.54, 1.807) is 12.1 Å². The molecule has 0 aliphatic heterocycles. The largest absolute Gasteiger partial charge is 0.256 e. The number of benzene rings is 1. The van der Waals surface area contributed by atoms with Crippen LogP contribution in [0.2, 0.25) is 19.6 Å². The molecule has 23 heavy (non-hydrogen) atoms. The second-order valence-corrected chi connectivity index (χ2v) is 12.9. The van der Waals surface area contributed by atoms with Gasteiger partial charge >= 0.3 is 0 Å². The third kappa shape index (κ3) is 3.58. The van der Waals surface area contributed by atoms with Gasteiger partial charge in [0.15, 0.2) is 0 Å². The second kappa shape index (κ2) is 6.60. The molecule has 3 rings (SSSR count). The Hall–Kier alpha value is -1.41. The lowest BCUT2D eigenvalue weighted by Gasteiger charge is -2.28. The van der Waals surface area contributed by atoms with E-state index in [1.807, 2.05) is 6.20 Å². The van der Waals surface area contributed by atoms with Gasteiger partial charge in [0.1, 0.15) is 0 Å². The third-order valence-electron chi connectivity index (χ3n) is 5.24. The lowest BCUT2D eigenvalue weighted by atomic mass is 9.86. The molecule has 0 N–H and O–H groups in total. The molecule has 0 saturated heterocycles. The molecule has 1 saturated carbocycles. The van der Waals surface area contributed by atoms with Crippen molar-refractivity contribution in [3.8, 4) is 11.3 Å². The lowest BCUT2D eigenvalue weighted by Crippen LogP contribution is -2.41. The standard InChI is InChI=1S/C21H29NSi/c1-16(17-10-8-9-11-17)19-14-20(18-12-6-5-7-13-18)22-15-21(19)23(2,3)4/h5-7,12-17H,8-11H2,1-4H3/i5D,6D,7D. The van der Waals surface area contributed by atoms with Crippen molar-refractivity contribution in [2.45, 2.75) is 58.2 Å². The molecule has 1 heterocycles. The van der Waals surface area contributed by atoms with Gasteiger partial charge in [-0.2, -0.15) is 0 Å². The van der Waals surface area contributed by atoms with Crippen LogP contribution in [-0.2, 0) is 0 Å². The van der Waals surface area contributed by atoms with Crippen molar-refractivity contribution in [2.75, 3.05) is 0 Å². The van der Waals surface area contributed by atoms with E-state index < -0.39 is 8.07 Å². The quantitative estimate of drug-likeness (QED) is 0.668. The van der Waals surface area contributed by atoms with E-state index in [0.717, 1.165) is 17.2 Å². The summed E-state index contributed by atoms with van der Waals surface area (Å²) in [6.45, 7) is 9.46. The Labute approximate surface area is 146 Å². The van der Waals surface area contributed by atoms with Crippen molar-refractivity contribution < 1.29 is 4.11 Å². The maximum atomic E-state index is 7.94. The average molecular weight is 327 g/mol. The predicted octanol–water partition coefficient (Wildman–Crippen LogP) is 5.59. The Kier molecular flexibility index (Phi) is 3.72. The minimum Gasteiger partial charge on any atom is -0.256 e. The summed E-state index contributed by atoms with van der Waals surface area (Å²) in [6.07, 6.45) is 7.34. The van der Waals surface area contributed by atoms with Gasteiger partial charge in [-0.25, -0.2) is 0 Å². The smallest absolute Gasteiger partial charge is 0.0799 e. The van der Waals surface area contributed by atoms with Crippen LogP contribution in [0.4, 0.5) is 0 Å². The molecule has 0 bridgehead atoms. The van der Waals surface area contributed by atoms with E-state index in [0.29, 0.717) is 5.92 Å². The highest BCUT2D eigenvalue weighted by Crippen LogP contribution is 2.37. The number of pyridine rings is 1. The van der Waals surface area contributed by atoms with Crippen LogP contribution in [-0.4, -0.2) is 13.1 Å². The average Bonchev–Trinajstić information content (AvgIpc) is 3.11. The third-order valence-corrected chi connectivity index (χ3v) is 7.27. The fourth-order valence-corrected chi connectivity index (χ4v) is 5.42. The minimum atomic E-state index is -1.51. The molecule has 1 aliphatic rings. The molecule has 1 fully saturated rings. The van der Waals surface area contributed by atoms with Crippen LogP contribution >= 0.6 is 0 Å². The van der Waals surface area contributed by atoms with Crippen LogP contribution in [0.1, 0.15) is 48.2 Å². The first-order chi connectivity index (χ1) is 12.2. The first-order valence-electron chi connectivity index (χ1n) is 10.3. The van der Waals surface area contributed by atoms with Gasteiger partial charge in [0, 0.05) is 11.8 Å². The maximum Gasteiger partial charge on any atom is 0.0799 e. The van der Waals surface area contributed by atoms with E-state index >= 15 is 0 Å². The Balaban J connectivity index is 2.10. The summed E-state index contributed by atoms with van der Waals surface area (Å²) in [5.41, 5.74) is 3.01. The zero-order valence-electron chi connectivity index (χ0n) is 17.7. The van der Waals surface area contributed by atoms with Gasteiger partial charge < -0.3 is 0 Å². The van der Waals surface area contributed by atoms with E-state index in [9.17, 15) is 0 Å². The summed E-state index contributed by atoms with van der Waals surface area (Å²) in [7, 11) is -1.51. The highest BCUT2D eigenvalue weighted by Gasteiger charge is 2.29. The van der Waals surface area contributed by atoms with Crippen LogP contribution in [0.3, 0.4) is 0 Å². The topological polar surface area (TPSA) is 12.9 Å². The Morgan fingerprint density at radius 3 is 2.39 bits per heavy atom. The summed E-state index contributed by atoms with van der Waals surface area (Å²) >= 11 is 0. The summed E-state index contributed by atoms with van der Waals surface area (Å²) in [5.74, 6) is 1.26. The second-order valence-electron chi connectivity index (χ2n) is 7.90. The zero-order chi connectivity index (χ0) is 19.1. The molecule has 0 amide bonds. The number of rotatable bonds is 4. The van der Waals surface area contributed by atoms with Gasteiger partial charge in [-0.15, -0.1) is 0 Å². The number of hydrogen-bond donors (Lipinski definition) is 0. The first-order valence-corrected chi connectivity index (χ1v) is 12.3. The molecular formula is C21H29NSi. The van der Waals surface area contributed by atoms with Crippen molar-refractivity contribution in [3.05, 3.63) is 48.1 Å². The van der Waals surface area contributed by atoms with Crippen LogP contribution in [0.5, 0.6) is 0 Å². The van der Waals surface area contributed by atoms with Gasteiger partial charge in [0.25, 0.3) is 0 Å². The van der Waals surface area contributed by atoms with Gasteiger partial charge in [-0.1, -0.05) is 69.7 Å². The number of aromatic nitrogens is 1. The number of nitrogens with zero attached hydrogens (tertiary/aromatic N) is 1. The predicted molar refractivity (Wildman–Crippen MR) is 103 cm³/mol. The number of hydrogen-bond acceptors (Lipinski definition) is 1. The van der Waals surface area contributed by atoms with Gasteiger partial charge in [-0.3, -0.25) is 4.98 Å². The van der Waals surface area contributed by atoms with Gasteiger partial charge in [0.05, 0.1) is 17.9 Å². The zero-order valence-corrected chi connectivity index (χ0v) is 15.7. The molecule has 0 spiro atoms. The van der Waals surface area contributed by atoms with Crippen molar-refractivity contribution in [2.24, 2.45) is 5.92 Å². The van der Waals surface area contributed by atoms with Crippen LogP contribution in [0.15, 0.2) is 42.5 Å². The monoisotopic (exact) mass is 326 g/mol. The molecule has 1 nitrogen and oxygen atoms in total. The Morgan fingerprint density at radius 1 is 1.13 bits per heavy atom. The van der Waals surface area contributed by atoms with Gasteiger partial charge in [-0.05, 0) is 41.5 Å². The van der Waals surface area contributed by atoms with E-state index in [2.05, 4.69) is 32.6 Å². The van der Waals surface area contributed by atoms with Crippen LogP contribution in [0, 0.1) is 5.92 Å². The molecule has 0 radical (unpaired) electrons. The molecule has 1 atom stereocenters. The van der Waals surface area contributed by atoms with Crippen LogP contribution in [0.25, 0.3) is 11.3 Å². The van der Waals surface area contributed by atoms with Gasteiger partial charge in [0.2, 0.25) is 0 Å². The summed E-state index contributed by atoms with van der Waals surface area (Å²) < 4.78 is 23.6. The maximum absolute atomic E-state index is 7.94. The Bertz CT molecular complexity index is 784. The normalized spacial score (nSPS) is 19.2. The minimum absolute atomic E-state index is 0.0213. The fourth-order valence-electron chi connectivity index (χ4n) is 3.80.